The minimum absolute atomic E-state index is 0.0796. The van der Waals surface area contributed by atoms with Crippen molar-refractivity contribution in [1.29, 1.82) is 0 Å². The number of hydrogen-bond acceptors (Lipinski definition) is 3. The van der Waals surface area contributed by atoms with Crippen LogP contribution in [0.25, 0.3) is 0 Å². The van der Waals surface area contributed by atoms with Crippen molar-refractivity contribution in [3.05, 3.63) is 89.5 Å². The van der Waals surface area contributed by atoms with Gasteiger partial charge in [-0.2, -0.15) is 13.2 Å². The van der Waals surface area contributed by atoms with Crippen LogP contribution < -0.4 is 15.0 Å². The Morgan fingerprint density at radius 1 is 0.972 bits per heavy atom. The van der Waals surface area contributed by atoms with Gasteiger partial charge < -0.3 is 15.0 Å². The van der Waals surface area contributed by atoms with Gasteiger partial charge in [0.2, 0.25) is 5.91 Å². The second-order valence-corrected chi connectivity index (χ2v) is 8.53. The van der Waals surface area contributed by atoms with Gasteiger partial charge >= 0.3 is 12.2 Å². The highest BCUT2D eigenvalue weighted by atomic mass is 19.4. The zero-order valence-corrected chi connectivity index (χ0v) is 19.7. The van der Waals surface area contributed by atoms with Crippen molar-refractivity contribution in [2.75, 3.05) is 30.4 Å². The highest BCUT2D eigenvalue weighted by Crippen LogP contribution is 2.30. The number of urea groups is 1. The first-order chi connectivity index (χ1) is 17.2. The summed E-state index contributed by atoms with van der Waals surface area (Å²) in [5.74, 6) is 0.456. The summed E-state index contributed by atoms with van der Waals surface area (Å²) in [6.45, 7) is 0.998. The van der Waals surface area contributed by atoms with E-state index in [1.165, 1.54) is 11.0 Å². The molecule has 1 fully saturated rings. The third-order valence-corrected chi connectivity index (χ3v) is 5.88. The first kappa shape index (κ1) is 25.1. The maximum Gasteiger partial charge on any atom is 0.416 e. The van der Waals surface area contributed by atoms with E-state index in [-0.39, 0.29) is 24.9 Å². The Kier molecular flexibility index (Phi) is 7.47. The third-order valence-electron chi connectivity index (χ3n) is 5.88. The second-order valence-electron chi connectivity index (χ2n) is 8.53. The predicted molar refractivity (Wildman–Crippen MR) is 131 cm³/mol. The number of rotatable bonds is 7. The molecule has 1 N–H and O–H groups in total. The van der Waals surface area contributed by atoms with Gasteiger partial charge in [0.15, 0.2) is 0 Å². The maximum absolute atomic E-state index is 13.2. The molecule has 0 atom stereocenters. The van der Waals surface area contributed by atoms with Crippen molar-refractivity contribution in [2.45, 2.75) is 25.6 Å². The van der Waals surface area contributed by atoms with Crippen molar-refractivity contribution in [3.63, 3.8) is 0 Å². The van der Waals surface area contributed by atoms with E-state index in [2.05, 4.69) is 5.32 Å². The number of carbonyl (C=O) groups is 2. The number of amides is 3. The Morgan fingerprint density at radius 3 is 2.50 bits per heavy atom. The average Bonchev–Trinajstić information content (AvgIpc) is 2.85. The monoisotopic (exact) mass is 497 g/mol. The van der Waals surface area contributed by atoms with Gasteiger partial charge in [-0.1, -0.05) is 30.3 Å². The van der Waals surface area contributed by atoms with Crippen LogP contribution in [-0.4, -0.2) is 37.0 Å². The van der Waals surface area contributed by atoms with E-state index >= 15 is 0 Å². The van der Waals surface area contributed by atoms with Crippen LogP contribution in [0.1, 0.15) is 23.1 Å². The summed E-state index contributed by atoms with van der Waals surface area (Å²) >= 11 is 0. The first-order valence-electron chi connectivity index (χ1n) is 11.5. The fourth-order valence-corrected chi connectivity index (χ4v) is 4.16. The number of halogens is 3. The van der Waals surface area contributed by atoms with Crippen LogP contribution in [0, 0.1) is 0 Å². The first-order valence-corrected chi connectivity index (χ1v) is 11.5. The lowest BCUT2D eigenvalue weighted by Crippen LogP contribution is -2.49. The summed E-state index contributed by atoms with van der Waals surface area (Å²) in [6, 6.07) is 18.9. The number of methoxy groups -OCH3 is 1. The SMILES string of the molecule is COc1cccc(CC(=O)Nc2cccc(N3CCCN(Cc4cccc(C(F)(F)F)c4)C3=O)c2)c1. The zero-order valence-electron chi connectivity index (χ0n) is 19.7. The van der Waals surface area contributed by atoms with E-state index in [1.807, 2.05) is 12.1 Å². The number of hydrogen-bond donors (Lipinski definition) is 1. The Labute approximate surface area is 207 Å². The molecule has 1 aliphatic rings. The fourth-order valence-electron chi connectivity index (χ4n) is 4.16. The van der Waals surface area contributed by atoms with Crippen molar-refractivity contribution >= 4 is 23.3 Å². The molecule has 3 aromatic rings. The number of carbonyl (C=O) groups excluding carboxylic acids is 2. The molecule has 0 bridgehead atoms. The lowest BCUT2D eigenvalue weighted by molar-refractivity contribution is -0.137. The molecule has 3 amide bonds. The van der Waals surface area contributed by atoms with E-state index in [1.54, 1.807) is 54.5 Å². The molecule has 3 aromatic carbocycles. The summed E-state index contributed by atoms with van der Waals surface area (Å²) in [7, 11) is 1.56. The number of benzene rings is 3. The minimum Gasteiger partial charge on any atom is -0.497 e. The Hall–Kier alpha value is -4.01. The van der Waals surface area contributed by atoms with Crippen molar-refractivity contribution < 1.29 is 27.5 Å². The van der Waals surface area contributed by atoms with E-state index in [9.17, 15) is 22.8 Å². The van der Waals surface area contributed by atoms with Crippen LogP contribution in [0.5, 0.6) is 5.75 Å². The predicted octanol–water partition coefficient (Wildman–Crippen LogP) is 5.73. The van der Waals surface area contributed by atoms with Gasteiger partial charge in [-0.15, -0.1) is 0 Å². The Morgan fingerprint density at radius 2 is 1.72 bits per heavy atom. The van der Waals surface area contributed by atoms with Gasteiger partial charge in [-0.25, -0.2) is 4.79 Å². The largest absolute Gasteiger partial charge is 0.497 e. The number of nitrogens with one attached hydrogen (secondary N) is 1. The van der Waals surface area contributed by atoms with E-state index in [0.717, 1.165) is 17.7 Å². The third kappa shape index (κ3) is 6.16. The van der Waals surface area contributed by atoms with Crippen molar-refractivity contribution in [1.82, 2.24) is 4.90 Å². The molecule has 0 saturated carbocycles. The topological polar surface area (TPSA) is 61.9 Å². The number of ether oxygens (including phenoxy) is 1. The van der Waals surface area contributed by atoms with Gasteiger partial charge in [0, 0.05) is 31.0 Å². The quantitative estimate of drug-likeness (QED) is 0.454. The Bertz CT molecular complexity index is 1250. The molecule has 1 heterocycles. The number of alkyl halides is 3. The van der Waals surface area contributed by atoms with Gasteiger partial charge in [-0.05, 0) is 60.0 Å². The van der Waals surface area contributed by atoms with Crippen molar-refractivity contribution in [3.8, 4) is 5.75 Å². The summed E-state index contributed by atoms with van der Waals surface area (Å²) in [6.07, 6.45) is -3.61. The summed E-state index contributed by atoms with van der Waals surface area (Å²) in [5.41, 5.74) is 1.63. The van der Waals surface area contributed by atoms with Crippen LogP contribution in [0.4, 0.5) is 29.3 Å². The van der Waals surface area contributed by atoms with Gasteiger partial charge in [-0.3, -0.25) is 9.69 Å². The molecule has 188 valence electrons. The number of anilines is 2. The average molecular weight is 498 g/mol. The smallest absolute Gasteiger partial charge is 0.416 e. The normalized spacial score (nSPS) is 14.1. The fraction of sp³-hybridized carbons (Fsp3) is 0.259. The summed E-state index contributed by atoms with van der Waals surface area (Å²) in [5, 5.41) is 2.86. The van der Waals surface area contributed by atoms with Crippen LogP contribution in [-0.2, 0) is 23.9 Å². The van der Waals surface area contributed by atoms with Gasteiger partial charge in [0.1, 0.15) is 5.75 Å². The van der Waals surface area contributed by atoms with Crippen LogP contribution in [0.2, 0.25) is 0 Å². The molecule has 0 aliphatic carbocycles. The van der Waals surface area contributed by atoms with Gasteiger partial charge in [0.05, 0.1) is 19.1 Å². The van der Waals surface area contributed by atoms with Crippen LogP contribution in [0.15, 0.2) is 72.8 Å². The van der Waals surface area contributed by atoms with Crippen LogP contribution in [0.3, 0.4) is 0 Å². The lowest BCUT2D eigenvalue weighted by atomic mass is 10.1. The zero-order chi connectivity index (χ0) is 25.7. The maximum atomic E-state index is 13.2. The molecule has 9 heteroatoms. The molecule has 0 aromatic heterocycles. The highest BCUT2D eigenvalue weighted by molar-refractivity contribution is 5.96. The van der Waals surface area contributed by atoms with E-state index < -0.39 is 11.7 Å². The standard InChI is InChI=1S/C27H26F3N3O3/c1-36-24-11-3-6-19(15-24)16-25(34)31-22-9-4-10-23(17-22)33-13-5-12-32(26(33)35)18-20-7-2-8-21(14-20)27(28,29)30/h2-4,6-11,14-15,17H,5,12-13,16,18H2,1H3,(H,31,34). The highest BCUT2D eigenvalue weighted by Gasteiger charge is 2.31. The lowest BCUT2D eigenvalue weighted by Gasteiger charge is -2.36. The summed E-state index contributed by atoms with van der Waals surface area (Å²) in [4.78, 5) is 28.9. The number of nitrogens with zero attached hydrogens (tertiary/aromatic N) is 2. The molecule has 0 radical (unpaired) electrons. The molecule has 4 rings (SSSR count). The van der Waals surface area contributed by atoms with E-state index in [0.29, 0.717) is 42.2 Å². The minimum atomic E-state index is -4.44. The second kappa shape index (κ2) is 10.7. The molecular formula is C27H26F3N3O3. The molecule has 36 heavy (non-hydrogen) atoms. The Balaban J connectivity index is 1.43. The molecule has 1 aliphatic heterocycles. The van der Waals surface area contributed by atoms with Crippen molar-refractivity contribution in [2.24, 2.45) is 0 Å². The van der Waals surface area contributed by atoms with Crippen LogP contribution >= 0.6 is 0 Å². The molecule has 1 saturated heterocycles. The molecular weight excluding hydrogens is 471 g/mol. The van der Waals surface area contributed by atoms with Gasteiger partial charge in [0.25, 0.3) is 0 Å². The molecule has 0 unspecified atom stereocenters. The molecule has 0 spiro atoms. The van der Waals surface area contributed by atoms with E-state index in [4.69, 9.17) is 4.74 Å². The molecule has 6 nitrogen and oxygen atoms in total. The summed E-state index contributed by atoms with van der Waals surface area (Å²) < 4.78 is 44.4.